The first-order valence-corrected chi connectivity index (χ1v) is 4.81. The van der Waals surface area contributed by atoms with Gasteiger partial charge in [-0.05, 0) is 6.42 Å². The van der Waals surface area contributed by atoms with Gasteiger partial charge in [-0.2, -0.15) is 13.2 Å². The third-order valence-electron chi connectivity index (χ3n) is 2.20. The molecule has 0 amide bonds. The smallest absolute Gasteiger partial charge is 0.391 e. The Balaban J connectivity index is 3.75. The van der Waals surface area contributed by atoms with Crippen LogP contribution in [0.15, 0.2) is 5.16 Å². The molecule has 0 saturated carbocycles. The molecule has 0 saturated heterocycles. The average molecular weight is 242 g/mol. The quantitative estimate of drug-likeness (QED) is 0.246. The maximum absolute atomic E-state index is 11.7. The van der Waals surface area contributed by atoms with Gasteiger partial charge in [-0.25, -0.2) is 0 Å². The fourth-order valence-electron chi connectivity index (χ4n) is 0.881. The molecule has 0 rings (SSSR count). The van der Waals surface area contributed by atoms with Gasteiger partial charge in [0.25, 0.3) is 0 Å². The molecular formula is C9H17F3N2O2. The first-order valence-electron chi connectivity index (χ1n) is 4.81. The van der Waals surface area contributed by atoms with Crippen LogP contribution < -0.4 is 5.73 Å². The second-order valence-corrected chi connectivity index (χ2v) is 4.10. The lowest BCUT2D eigenvalue weighted by molar-refractivity contribution is -0.145. The van der Waals surface area contributed by atoms with E-state index < -0.39 is 18.0 Å². The van der Waals surface area contributed by atoms with E-state index in [1.165, 1.54) is 0 Å². The van der Waals surface area contributed by atoms with Crippen LogP contribution in [-0.4, -0.2) is 30.4 Å². The number of hydrogen-bond donors (Lipinski definition) is 2. The van der Waals surface area contributed by atoms with E-state index in [0.29, 0.717) is 6.42 Å². The summed E-state index contributed by atoms with van der Waals surface area (Å²) < 4.78 is 40.1. The number of ether oxygens (including phenoxy) is 1. The number of rotatable bonds is 6. The number of alkyl halides is 3. The van der Waals surface area contributed by atoms with Crippen LogP contribution >= 0.6 is 0 Å². The zero-order valence-electron chi connectivity index (χ0n) is 9.34. The second kappa shape index (κ2) is 5.93. The molecular weight excluding hydrogens is 225 g/mol. The van der Waals surface area contributed by atoms with E-state index >= 15 is 0 Å². The molecule has 0 aliphatic heterocycles. The van der Waals surface area contributed by atoms with Gasteiger partial charge in [-0.1, -0.05) is 19.0 Å². The van der Waals surface area contributed by atoms with Gasteiger partial charge in [0.1, 0.15) is 5.84 Å². The van der Waals surface area contributed by atoms with E-state index in [2.05, 4.69) is 5.16 Å². The summed E-state index contributed by atoms with van der Waals surface area (Å²) in [5.74, 6) is 0.0342. The highest BCUT2D eigenvalue weighted by molar-refractivity contribution is 5.85. The normalized spacial score (nSPS) is 14.2. The van der Waals surface area contributed by atoms with Gasteiger partial charge in [-0.15, -0.1) is 0 Å². The van der Waals surface area contributed by atoms with Gasteiger partial charge in [0.05, 0.1) is 13.0 Å². The van der Waals surface area contributed by atoms with E-state index in [1.807, 2.05) is 0 Å². The third kappa shape index (κ3) is 6.49. The minimum atomic E-state index is -4.19. The van der Waals surface area contributed by atoms with Crippen molar-refractivity contribution in [2.75, 3.05) is 13.2 Å². The van der Waals surface area contributed by atoms with Gasteiger partial charge >= 0.3 is 6.18 Å². The molecule has 7 heteroatoms. The average Bonchev–Trinajstić information content (AvgIpc) is 2.14. The molecule has 0 atom stereocenters. The Morgan fingerprint density at radius 2 is 1.75 bits per heavy atom. The van der Waals surface area contributed by atoms with Crippen LogP contribution in [0.2, 0.25) is 0 Å². The van der Waals surface area contributed by atoms with Crippen molar-refractivity contribution < 1.29 is 23.1 Å². The second-order valence-electron chi connectivity index (χ2n) is 4.10. The van der Waals surface area contributed by atoms with Crippen molar-refractivity contribution >= 4 is 5.84 Å². The van der Waals surface area contributed by atoms with Crippen LogP contribution in [0, 0.1) is 5.41 Å². The van der Waals surface area contributed by atoms with Crippen molar-refractivity contribution in [3.63, 3.8) is 0 Å². The highest BCUT2D eigenvalue weighted by Gasteiger charge is 2.27. The fraction of sp³-hybridized carbons (Fsp3) is 0.889. The molecule has 0 aromatic rings. The summed E-state index contributed by atoms with van der Waals surface area (Å²) in [5, 5.41) is 11.3. The van der Waals surface area contributed by atoms with Crippen LogP contribution in [0.5, 0.6) is 0 Å². The maximum atomic E-state index is 11.7. The predicted octanol–water partition coefficient (Wildman–Crippen LogP) is 2.12. The van der Waals surface area contributed by atoms with E-state index in [4.69, 9.17) is 15.7 Å². The Morgan fingerprint density at radius 3 is 2.19 bits per heavy atom. The van der Waals surface area contributed by atoms with Crippen molar-refractivity contribution in [1.82, 2.24) is 0 Å². The monoisotopic (exact) mass is 242 g/mol. The maximum Gasteiger partial charge on any atom is 0.391 e. The van der Waals surface area contributed by atoms with Gasteiger partial charge in [-0.3, -0.25) is 0 Å². The highest BCUT2D eigenvalue weighted by Crippen LogP contribution is 2.21. The van der Waals surface area contributed by atoms with Crippen LogP contribution in [0.25, 0.3) is 0 Å². The van der Waals surface area contributed by atoms with Gasteiger partial charge in [0.2, 0.25) is 0 Å². The van der Waals surface area contributed by atoms with Crippen LogP contribution in [0.4, 0.5) is 13.2 Å². The summed E-state index contributed by atoms with van der Waals surface area (Å²) in [6.45, 7) is 3.21. The number of amidine groups is 1. The fourth-order valence-corrected chi connectivity index (χ4v) is 0.881. The lowest BCUT2D eigenvalue weighted by Crippen LogP contribution is -2.33. The van der Waals surface area contributed by atoms with Crippen LogP contribution in [-0.2, 0) is 4.74 Å². The lowest BCUT2D eigenvalue weighted by atomic mass is 9.88. The number of oxime groups is 1. The standard InChI is InChI=1S/C9H17F3N2O2/c1-8(2,7(13)14-15)3-5-16-6-4-9(10,11)12/h15H,3-6H2,1-2H3,(H2,13,14). The minimum Gasteiger partial charge on any atom is -0.409 e. The lowest BCUT2D eigenvalue weighted by Gasteiger charge is -2.22. The molecule has 0 fully saturated rings. The Labute approximate surface area is 92.3 Å². The molecule has 0 aliphatic rings. The molecule has 0 aliphatic carbocycles. The first kappa shape index (κ1) is 15.0. The summed E-state index contributed by atoms with van der Waals surface area (Å²) in [7, 11) is 0. The molecule has 4 nitrogen and oxygen atoms in total. The van der Waals surface area contributed by atoms with Crippen LogP contribution in [0.1, 0.15) is 26.7 Å². The van der Waals surface area contributed by atoms with E-state index in [1.54, 1.807) is 13.8 Å². The summed E-state index contributed by atoms with van der Waals surface area (Å²) in [5.41, 5.74) is 4.81. The summed E-state index contributed by atoms with van der Waals surface area (Å²) in [6, 6.07) is 0. The summed E-state index contributed by atoms with van der Waals surface area (Å²) in [4.78, 5) is 0. The molecule has 16 heavy (non-hydrogen) atoms. The number of nitrogens with two attached hydrogens (primary N) is 1. The molecule has 96 valence electrons. The van der Waals surface area contributed by atoms with Gasteiger partial charge < -0.3 is 15.7 Å². The molecule has 0 aromatic carbocycles. The predicted molar refractivity (Wildman–Crippen MR) is 53.3 cm³/mol. The topological polar surface area (TPSA) is 67.8 Å². The SMILES string of the molecule is CC(C)(CCOCCC(F)(F)F)C(N)=NO. The highest BCUT2D eigenvalue weighted by atomic mass is 19.4. The summed E-state index contributed by atoms with van der Waals surface area (Å²) >= 11 is 0. The van der Waals surface area contributed by atoms with Crippen molar-refractivity contribution in [3.8, 4) is 0 Å². The molecule has 0 spiro atoms. The molecule has 0 bridgehead atoms. The third-order valence-corrected chi connectivity index (χ3v) is 2.20. The molecule has 0 aromatic heterocycles. The number of nitrogens with zero attached hydrogens (tertiary/aromatic N) is 1. The van der Waals surface area contributed by atoms with E-state index in [-0.39, 0.29) is 19.0 Å². The zero-order valence-corrected chi connectivity index (χ0v) is 9.34. The zero-order chi connectivity index (χ0) is 12.8. The Kier molecular flexibility index (Phi) is 5.57. The van der Waals surface area contributed by atoms with E-state index in [9.17, 15) is 13.2 Å². The number of hydrogen-bond acceptors (Lipinski definition) is 3. The van der Waals surface area contributed by atoms with Gasteiger partial charge in [0, 0.05) is 12.0 Å². The van der Waals surface area contributed by atoms with Crippen LogP contribution in [0.3, 0.4) is 0 Å². The van der Waals surface area contributed by atoms with Crippen molar-refractivity contribution in [2.24, 2.45) is 16.3 Å². The van der Waals surface area contributed by atoms with Crippen molar-refractivity contribution in [3.05, 3.63) is 0 Å². The number of halogens is 3. The molecule has 0 radical (unpaired) electrons. The molecule has 0 heterocycles. The van der Waals surface area contributed by atoms with E-state index in [0.717, 1.165) is 0 Å². The largest absolute Gasteiger partial charge is 0.409 e. The summed E-state index contributed by atoms with van der Waals surface area (Å²) in [6.07, 6.45) is -4.77. The molecule has 3 N–H and O–H groups in total. The Morgan fingerprint density at radius 1 is 1.25 bits per heavy atom. The molecule has 0 unspecified atom stereocenters. The van der Waals surface area contributed by atoms with Crippen molar-refractivity contribution in [1.29, 1.82) is 0 Å². The van der Waals surface area contributed by atoms with Gasteiger partial charge in [0.15, 0.2) is 0 Å². The Hall–Kier alpha value is -0.980. The minimum absolute atomic E-state index is 0.0342. The first-order chi connectivity index (χ1) is 7.19. The Bertz CT molecular complexity index is 239. The van der Waals surface area contributed by atoms with Crippen molar-refractivity contribution in [2.45, 2.75) is 32.9 Å².